The van der Waals surface area contributed by atoms with Crippen molar-refractivity contribution < 1.29 is 15.3 Å². The van der Waals surface area contributed by atoms with Gasteiger partial charge in [-0.2, -0.15) is 0 Å². The third-order valence-corrected chi connectivity index (χ3v) is 1.07. The number of aliphatic hydroxyl groups is 3. The van der Waals surface area contributed by atoms with Crippen LogP contribution in [0.4, 0.5) is 0 Å². The van der Waals surface area contributed by atoms with Crippen LogP contribution in [0.3, 0.4) is 0 Å². The smallest absolute Gasteiger partial charge is 0.0797 e. The summed E-state index contributed by atoms with van der Waals surface area (Å²) in [4.78, 5) is 0. The van der Waals surface area contributed by atoms with Gasteiger partial charge in [0.15, 0.2) is 0 Å². The highest BCUT2D eigenvalue weighted by atomic mass is 16.2. The molecule has 0 saturated heterocycles. The Morgan fingerprint density at radius 1 is 0.923 bits per heavy atom. The lowest BCUT2D eigenvalue weighted by Crippen LogP contribution is -1.66. The van der Waals surface area contributed by atoms with Crippen LogP contribution in [0.25, 0.3) is 6.08 Å². The molecule has 3 heteroatoms. The average Bonchev–Trinajstić information content (AvgIpc) is 2.26. The molecule has 0 radical (unpaired) electrons. The van der Waals surface area contributed by atoms with Gasteiger partial charge in [0, 0.05) is 14.2 Å². The monoisotopic (exact) mass is 184 g/mol. The predicted octanol–water partition coefficient (Wildman–Crippen LogP) is 1.43. The number of hydrogen-bond donors (Lipinski definition) is 3. The van der Waals surface area contributed by atoms with Crippen LogP contribution in [0.1, 0.15) is 5.56 Å². The molecule has 0 aliphatic carbocycles. The summed E-state index contributed by atoms with van der Waals surface area (Å²) in [5, 5.41) is 22.3. The van der Waals surface area contributed by atoms with Crippen molar-refractivity contribution in [2.45, 2.75) is 0 Å². The molecule has 1 aromatic carbocycles. The maximum Gasteiger partial charge on any atom is 0.0797 e. The molecule has 0 fully saturated rings. The first-order valence-electron chi connectivity index (χ1n) is 3.69. The van der Waals surface area contributed by atoms with E-state index in [0.29, 0.717) is 0 Å². The fourth-order valence-corrected chi connectivity index (χ4v) is 0.650. The standard InChI is InChI=1S/C8H8O.2CH4O/c9-7-6-8-4-2-1-3-5-8;2*1-2/h1-7,9H;2*2H,1H3/b7-6-;;. The third-order valence-electron chi connectivity index (χ3n) is 1.07. The second kappa shape index (κ2) is 13.3. The molecule has 13 heavy (non-hydrogen) atoms. The van der Waals surface area contributed by atoms with Gasteiger partial charge < -0.3 is 15.3 Å². The van der Waals surface area contributed by atoms with Crippen molar-refractivity contribution in [2.75, 3.05) is 14.2 Å². The highest BCUT2D eigenvalue weighted by Gasteiger charge is 1.78. The minimum Gasteiger partial charge on any atom is -0.516 e. The van der Waals surface area contributed by atoms with Gasteiger partial charge in [-0.15, -0.1) is 0 Å². The summed E-state index contributed by atoms with van der Waals surface area (Å²) in [5.74, 6) is 0. The van der Waals surface area contributed by atoms with Crippen LogP contribution in [-0.4, -0.2) is 29.5 Å². The molecule has 0 bridgehead atoms. The molecule has 0 heterocycles. The van der Waals surface area contributed by atoms with Gasteiger partial charge in [-0.25, -0.2) is 0 Å². The van der Waals surface area contributed by atoms with E-state index in [1.54, 1.807) is 6.08 Å². The molecule has 0 aliphatic heterocycles. The summed E-state index contributed by atoms with van der Waals surface area (Å²) in [6.45, 7) is 0. The van der Waals surface area contributed by atoms with Crippen molar-refractivity contribution in [3.8, 4) is 0 Å². The van der Waals surface area contributed by atoms with Crippen molar-refractivity contribution in [3.05, 3.63) is 42.2 Å². The SMILES string of the molecule is CO.CO.O/C=C\c1ccccc1. The van der Waals surface area contributed by atoms with Crippen LogP contribution < -0.4 is 0 Å². The lowest BCUT2D eigenvalue weighted by molar-refractivity contribution is 0.399. The molecule has 0 aromatic heterocycles. The fraction of sp³-hybridized carbons (Fsp3) is 0.200. The minimum atomic E-state index is 1.00. The quantitative estimate of drug-likeness (QED) is 0.579. The molecular weight excluding hydrogens is 168 g/mol. The second-order valence-corrected chi connectivity index (χ2v) is 1.73. The van der Waals surface area contributed by atoms with Crippen LogP contribution in [0.2, 0.25) is 0 Å². The Bertz CT molecular complexity index is 195. The summed E-state index contributed by atoms with van der Waals surface area (Å²) in [6, 6.07) is 9.64. The summed E-state index contributed by atoms with van der Waals surface area (Å²) in [5.41, 5.74) is 1.01. The van der Waals surface area contributed by atoms with Gasteiger partial charge in [-0.1, -0.05) is 30.3 Å². The summed E-state index contributed by atoms with van der Waals surface area (Å²) < 4.78 is 0. The number of hydrogen-bond acceptors (Lipinski definition) is 3. The number of rotatable bonds is 1. The van der Waals surface area contributed by atoms with Gasteiger partial charge >= 0.3 is 0 Å². The van der Waals surface area contributed by atoms with Crippen LogP contribution in [0.5, 0.6) is 0 Å². The highest BCUT2D eigenvalue weighted by molar-refractivity contribution is 5.47. The number of aliphatic hydroxyl groups excluding tert-OH is 3. The minimum absolute atomic E-state index is 1.00. The van der Waals surface area contributed by atoms with Crippen molar-refractivity contribution in [1.29, 1.82) is 0 Å². The molecule has 0 atom stereocenters. The molecular formula is C10H16O3. The molecule has 0 aliphatic rings. The maximum absolute atomic E-state index is 8.34. The second-order valence-electron chi connectivity index (χ2n) is 1.73. The Balaban J connectivity index is 0. The lowest BCUT2D eigenvalue weighted by atomic mass is 10.2. The normalized spacial score (nSPS) is 8.00. The zero-order valence-corrected chi connectivity index (χ0v) is 7.88. The molecule has 3 N–H and O–H groups in total. The maximum atomic E-state index is 8.34. The van der Waals surface area contributed by atoms with E-state index < -0.39 is 0 Å². The van der Waals surface area contributed by atoms with Crippen molar-refractivity contribution >= 4 is 6.08 Å². The summed E-state index contributed by atoms with van der Waals surface area (Å²) in [7, 11) is 2.00. The van der Waals surface area contributed by atoms with E-state index in [4.69, 9.17) is 15.3 Å². The first-order valence-corrected chi connectivity index (χ1v) is 3.69. The van der Waals surface area contributed by atoms with Gasteiger partial charge in [0.1, 0.15) is 0 Å². The predicted molar refractivity (Wildman–Crippen MR) is 54.4 cm³/mol. The molecule has 3 nitrogen and oxygen atoms in total. The highest BCUT2D eigenvalue weighted by Crippen LogP contribution is 1.98. The largest absolute Gasteiger partial charge is 0.516 e. The molecule has 0 spiro atoms. The lowest BCUT2D eigenvalue weighted by Gasteiger charge is -1.86. The zero-order valence-electron chi connectivity index (χ0n) is 7.88. The van der Waals surface area contributed by atoms with Crippen LogP contribution in [0.15, 0.2) is 36.6 Å². The van der Waals surface area contributed by atoms with E-state index in [0.717, 1.165) is 26.0 Å². The Morgan fingerprint density at radius 2 is 1.38 bits per heavy atom. The molecule has 74 valence electrons. The molecule has 1 rings (SSSR count). The van der Waals surface area contributed by atoms with Gasteiger partial charge in [0.25, 0.3) is 0 Å². The Labute approximate surface area is 78.6 Å². The van der Waals surface area contributed by atoms with Gasteiger partial charge in [-0.05, 0) is 11.6 Å². The molecule has 0 amide bonds. The van der Waals surface area contributed by atoms with E-state index in [1.807, 2.05) is 30.3 Å². The van der Waals surface area contributed by atoms with E-state index in [2.05, 4.69) is 0 Å². The fourth-order valence-electron chi connectivity index (χ4n) is 0.650. The molecule has 1 aromatic rings. The van der Waals surface area contributed by atoms with Crippen molar-refractivity contribution in [3.63, 3.8) is 0 Å². The molecule has 0 saturated carbocycles. The average molecular weight is 184 g/mol. The number of benzene rings is 1. The van der Waals surface area contributed by atoms with Crippen molar-refractivity contribution in [1.82, 2.24) is 0 Å². The topological polar surface area (TPSA) is 60.7 Å². The van der Waals surface area contributed by atoms with Gasteiger partial charge in [0.05, 0.1) is 6.26 Å². The van der Waals surface area contributed by atoms with E-state index >= 15 is 0 Å². The Morgan fingerprint density at radius 3 is 1.77 bits per heavy atom. The third kappa shape index (κ3) is 8.59. The van der Waals surface area contributed by atoms with Gasteiger partial charge in [0.2, 0.25) is 0 Å². The van der Waals surface area contributed by atoms with Crippen molar-refractivity contribution in [2.24, 2.45) is 0 Å². The van der Waals surface area contributed by atoms with E-state index in [9.17, 15) is 0 Å². The van der Waals surface area contributed by atoms with Crippen LogP contribution in [0, 0.1) is 0 Å². The summed E-state index contributed by atoms with van der Waals surface area (Å²) >= 11 is 0. The van der Waals surface area contributed by atoms with Gasteiger partial charge in [-0.3, -0.25) is 0 Å². The zero-order chi connectivity index (χ0) is 10.5. The van der Waals surface area contributed by atoms with E-state index in [1.165, 1.54) is 0 Å². The molecule has 0 unspecified atom stereocenters. The first-order chi connectivity index (χ1) is 6.43. The van der Waals surface area contributed by atoms with Crippen LogP contribution in [-0.2, 0) is 0 Å². The van der Waals surface area contributed by atoms with E-state index in [-0.39, 0.29) is 0 Å². The Hall–Kier alpha value is -1.32. The van der Waals surface area contributed by atoms with Crippen LogP contribution >= 0.6 is 0 Å². The Kier molecular flexibility index (Phi) is 14.5. The summed E-state index contributed by atoms with van der Waals surface area (Å²) in [6.07, 6.45) is 2.68. The first kappa shape index (κ1) is 14.2.